The van der Waals surface area contributed by atoms with Crippen molar-refractivity contribution in [3.63, 3.8) is 0 Å². The Morgan fingerprint density at radius 1 is 1.35 bits per heavy atom. The number of methoxy groups -OCH3 is 1. The Labute approximate surface area is 98.4 Å². The molecule has 0 unspecified atom stereocenters. The summed E-state index contributed by atoms with van der Waals surface area (Å²) in [6.45, 7) is 0.434. The summed E-state index contributed by atoms with van der Waals surface area (Å²) in [5.74, 6) is 0.715. The molecule has 0 bridgehead atoms. The van der Waals surface area contributed by atoms with Crippen LogP contribution in [-0.4, -0.2) is 18.2 Å². The smallest absolute Gasteiger partial charge is 0.290 e. The lowest BCUT2D eigenvalue weighted by Crippen LogP contribution is -2.22. The first kappa shape index (κ1) is 11.2. The van der Waals surface area contributed by atoms with E-state index in [9.17, 15) is 4.79 Å². The minimum absolute atomic E-state index is 0.207. The highest BCUT2D eigenvalue weighted by molar-refractivity contribution is 5.91. The van der Waals surface area contributed by atoms with Gasteiger partial charge in [0.25, 0.3) is 5.91 Å². The van der Waals surface area contributed by atoms with Crippen molar-refractivity contribution in [2.75, 3.05) is 7.11 Å². The topological polar surface area (TPSA) is 64.4 Å². The van der Waals surface area contributed by atoms with Crippen molar-refractivity contribution in [3.8, 4) is 5.75 Å². The summed E-state index contributed by atoms with van der Waals surface area (Å²) in [5.41, 5.74) is 0.985. The fraction of sp³-hybridized carbons (Fsp3) is 0.167. The Bertz CT molecular complexity index is 477. The van der Waals surface area contributed by atoms with Gasteiger partial charge in [-0.2, -0.15) is 0 Å². The van der Waals surface area contributed by atoms with Gasteiger partial charge in [-0.25, -0.2) is 0 Å². The van der Waals surface area contributed by atoms with Crippen molar-refractivity contribution in [2.24, 2.45) is 0 Å². The van der Waals surface area contributed by atoms with Crippen molar-refractivity contribution >= 4 is 5.91 Å². The minimum Gasteiger partial charge on any atom is -0.497 e. The van der Waals surface area contributed by atoms with Crippen LogP contribution in [0.3, 0.4) is 0 Å². The molecule has 5 nitrogen and oxygen atoms in total. The van der Waals surface area contributed by atoms with E-state index in [4.69, 9.17) is 9.26 Å². The minimum atomic E-state index is -0.279. The Hall–Kier alpha value is -2.30. The van der Waals surface area contributed by atoms with Gasteiger partial charge in [-0.3, -0.25) is 4.79 Å². The molecule has 0 fully saturated rings. The van der Waals surface area contributed by atoms with Gasteiger partial charge in [0.1, 0.15) is 5.75 Å². The standard InChI is InChI=1S/C12H12N2O3/c1-16-10-4-2-9(3-5-10)8-13-12(15)11-6-7-14-17-11/h2-7H,8H2,1H3,(H,13,15). The van der Waals surface area contributed by atoms with Crippen LogP contribution < -0.4 is 10.1 Å². The Balaban J connectivity index is 1.91. The van der Waals surface area contributed by atoms with Gasteiger partial charge in [0, 0.05) is 12.6 Å². The number of nitrogens with zero attached hydrogens (tertiary/aromatic N) is 1. The Kier molecular flexibility index (Phi) is 3.40. The average molecular weight is 232 g/mol. The van der Waals surface area contributed by atoms with Gasteiger partial charge in [0.2, 0.25) is 5.76 Å². The van der Waals surface area contributed by atoms with Crippen LogP contribution in [0.25, 0.3) is 0 Å². The van der Waals surface area contributed by atoms with E-state index in [2.05, 4.69) is 10.5 Å². The maximum absolute atomic E-state index is 11.5. The fourth-order valence-corrected chi connectivity index (χ4v) is 1.35. The lowest BCUT2D eigenvalue weighted by Gasteiger charge is -2.04. The van der Waals surface area contributed by atoms with Crippen LogP contribution in [0.2, 0.25) is 0 Å². The average Bonchev–Trinajstić information content (AvgIpc) is 2.90. The highest BCUT2D eigenvalue weighted by atomic mass is 16.5. The zero-order valence-electron chi connectivity index (χ0n) is 9.34. The zero-order chi connectivity index (χ0) is 12.1. The molecule has 1 heterocycles. The molecule has 0 aliphatic carbocycles. The van der Waals surface area contributed by atoms with Gasteiger partial charge in [0.05, 0.1) is 13.3 Å². The molecule has 1 amide bonds. The van der Waals surface area contributed by atoms with Crippen LogP contribution in [0.5, 0.6) is 5.75 Å². The van der Waals surface area contributed by atoms with E-state index in [0.29, 0.717) is 6.54 Å². The normalized spacial score (nSPS) is 9.94. The highest BCUT2D eigenvalue weighted by Crippen LogP contribution is 2.11. The van der Waals surface area contributed by atoms with E-state index in [0.717, 1.165) is 11.3 Å². The molecule has 0 aliphatic heterocycles. The first-order chi connectivity index (χ1) is 8.29. The second kappa shape index (κ2) is 5.16. The Morgan fingerprint density at radius 3 is 2.71 bits per heavy atom. The van der Waals surface area contributed by atoms with E-state index in [-0.39, 0.29) is 11.7 Å². The first-order valence-electron chi connectivity index (χ1n) is 5.11. The largest absolute Gasteiger partial charge is 0.497 e. The molecule has 1 aromatic carbocycles. The van der Waals surface area contributed by atoms with E-state index in [1.165, 1.54) is 12.3 Å². The van der Waals surface area contributed by atoms with Crippen molar-refractivity contribution in [3.05, 3.63) is 47.9 Å². The SMILES string of the molecule is COc1ccc(CNC(=O)c2ccno2)cc1. The van der Waals surface area contributed by atoms with Crippen LogP contribution in [0.15, 0.2) is 41.1 Å². The number of nitrogens with one attached hydrogen (secondary N) is 1. The van der Waals surface area contributed by atoms with Crippen molar-refractivity contribution in [1.82, 2.24) is 10.5 Å². The van der Waals surface area contributed by atoms with Gasteiger partial charge in [-0.1, -0.05) is 17.3 Å². The van der Waals surface area contributed by atoms with Crippen LogP contribution in [0.1, 0.15) is 16.1 Å². The molecule has 1 aromatic heterocycles. The number of rotatable bonds is 4. The second-order valence-electron chi connectivity index (χ2n) is 3.41. The number of benzene rings is 1. The highest BCUT2D eigenvalue weighted by Gasteiger charge is 2.08. The van der Waals surface area contributed by atoms with Gasteiger partial charge in [-0.15, -0.1) is 0 Å². The van der Waals surface area contributed by atoms with E-state index >= 15 is 0 Å². The monoisotopic (exact) mass is 232 g/mol. The number of hydrogen-bond donors (Lipinski definition) is 1. The van der Waals surface area contributed by atoms with Crippen molar-refractivity contribution in [1.29, 1.82) is 0 Å². The molecular formula is C12H12N2O3. The molecule has 0 atom stereocenters. The second-order valence-corrected chi connectivity index (χ2v) is 3.41. The van der Waals surface area contributed by atoms with E-state index < -0.39 is 0 Å². The third-order valence-corrected chi connectivity index (χ3v) is 2.27. The zero-order valence-corrected chi connectivity index (χ0v) is 9.34. The van der Waals surface area contributed by atoms with Gasteiger partial charge < -0.3 is 14.6 Å². The fourth-order valence-electron chi connectivity index (χ4n) is 1.35. The molecule has 5 heteroatoms. The molecule has 0 saturated heterocycles. The number of carbonyl (C=O) groups excluding carboxylic acids is 1. The third-order valence-electron chi connectivity index (χ3n) is 2.27. The summed E-state index contributed by atoms with van der Waals surface area (Å²) >= 11 is 0. The number of carbonyl (C=O) groups is 1. The predicted octanol–water partition coefficient (Wildman–Crippen LogP) is 1.61. The summed E-state index contributed by atoms with van der Waals surface area (Å²) < 4.78 is 9.78. The van der Waals surface area contributed by atoms with Gasteiger partial charge in [-0.05, 0) is 17.7 Å². The van der Waals surface area contributed by atoms with E-state index in [1.54, 1.807) is 7.11 Å². The first-order valence-corrected chi connectivity index (χ1v) is 5.11. The number of ether oxygens (including phenoxy) is 1. The van der Waals surface area contributed by atoms with Crippen molar-refractivity contribution < 1.29 is 14.1 Å². The summed E-state index contributed by atoms with van der Waals surface area (Å²) in [5, 5.41) is 6.19. The van der Waals surface area contributed by atoms with Gasteiger partial charge >= 0.3 is 0 Å². The molecule has 17 heavy (non-hydrogen) atoms. The molecule has 0 saturated carbocycles. The van der Waals surface area contributed by atoms with Crippen molar-refractivity contribution in [2.45, 2.75) is 6.54 Å². The lowest BCUT2D eigenvalue weighted by molar-refractivity contribution is 0.0914. The van der Waals surface area contributed by atoms with Crippen LogP contribution >= 0.6 is 0 Å². The number of hydrogen-bond acceptors (Lipinski definition) is 4. The van der Waals surface area contributed by atoms with Crippen LogP contribution in [0.4, 0.5) is 0 Å². The predicted molar refractivity (Wildman–Crippen MR) is 60.7 cm³/mol. The molecule has 0 spiro atoms. The van der Waals surface area contributed by atoms with Crippen LogP contribution in [0, 0.1) is 0 Å². The summed E-state index contributed by atoms with van der Waals surface area (Å²) in [6.07, 6.45) is 1.43. The molecule has 2 rings (SSSR count). The summed E-state index contributed by atoms with van der Waals surface area (Å²) in [7, 11) is 1.61. The molecular weight excluding hydrogens is 220 g/mol. The van der Waals surface area contributed by atoms with Gasteiger partial charge in [0.15, 0.2) is 0 Å². The molecule has 88 valence electrons. The summed E-state index contributed by atoms with van der Waals surface area (Å²) in [4.78, 5) is 11.5. The molecule has 2 aromatic rings. The van der Waals surface area contributed by atoms with E-state index in [1.807, 2.05) is 24.3 Å². The maximum atomic E-state index is 11.5. The maximum Gasteiger partial charge on any atom is 0.290 e. The molecule has 0 aliphatic rings. The number of aromatic nitrogens is 1. The molecule has 1 N–H and O–H groups in total. The van der Waals surface area contributed by atoms with Crippen LogP contribution in [-0.2, 0) is 6.54 Å². The quantitative estimate of drug-likeness (QED) is 0.869. The number of amides is 1. The molecule has 0 radical (unpaired) electrons. The third kappa shape index (κ3) is 2.84. The summed E-state index contributed by atoms with van der Waals surface area (Å²) in [6, 6.07) is 8.98. The Morgan fingerprint density at radius 2 is 2.12 bits per heavy atom. The lowest BCUT2D eigenvalue weighted by atomic mass is 10.2.